The minimum absolute atomic E-state index is 0.0840. The van der Waals surface area contributed by atoms with E-state index in [1.54, 1.807) is 25.1 Å². The van der Waals surface area contributed by atoms with Crippen LogP contribution in [-0.2, 0) is 19.1 Å². The zero-order chi connectivity index (χ0) is 30.8. The number of piperazine rings is 1. The van der Waals surface area contributed by atoms with Crippen molar-refractivity contribution in [2.75, 3.05) is 50.4 Å². The van der Waals surface area contributed by atoms with Crippen molar-refractivity contribution < 1.29 is 22.7 Å². The fourth-order valence-electron chi connectivity index (χ4n) is 5.63. The second-order valence-corrected chi connectivity index (χ2v) is 11.4. The molecule has 0 spiro atoms. The molecule has 0 aliphatic carbocycles. The van der Waals surface area contributed by atoms with E-state index in [0.717, 1.165) is 54.8 Å². The maximum atomic E-state index is 14.1. The largest absolute Gasteiger partial charge is 0.457 e. The molecule has 2 aliphatic heterocycles. The summed E-state index contributed by atoms with van der Waals surface area (Å²) in [6.45, 7) is 5.76. The average Bonchev–Trinajstić information content (AvgIpc) is 3.49. The van der Waals surface area contributed by atoms with Gasteiger partial charge in [-0.1, -0.05) is 42.5 Å². The minimum atomic E-state index is -4.55. The number of nitrogens with zero attached hydrogens (tertiary/aromatic N) is 3. The summed E-state index contributed by atoms with van der Waals surface area (Å²) in [5.74, 6) is 1.33. The molecule has 2 N–H and O–H groups in total. The lowest BCUT2D eigenvalue weighted by Crippen LogP contribution is -2.44. The van der Waals surface area contributed by atoms with Crippen LogP contribution in [0.4, 0.5) is 24.7 Å². The molecule has 1 fully saturated rings. The first-order chi connectivity index (χ1) is 21.1. The highest BCUT2D eigenvalue weighted by Gasteiger charge is 2.34. The number of fused-ring (bicyclic) bond motifs is 1. The van der Waals surface area contributed by atoms with Gasteiger partial charge in [0.05, 0.1) is 11.3 Å². The van der Waals surface area contributed by atoms with Gasteiger partial charge in [0.15, 0.2) is 0 Å². The van der Waals surface area contributed by atoms with Gasteiger partial charge in [-0.3, -0.25) is 9.69 Å². The number of alkyl halides is 3. The van der Waals surface area contributed by atoms with Gasteiger partial charge < -0.3 is 20.3 Å². The van der Waals surface area contributed by atoms with Gasteiger partial charge in [-0.15, -0.1) is 0 Å². The quantitative estimate of drug-likeness (QED) is 0.242. The number of halogens is 3. The van der Waals surface area contributed by atoms with E-state index in [1.165, 1.54) is 12.1 Å². The van der Waals surface area contributed by atoms with E-state index in [1.807, 2.05) is 48.3 Å². The third kappa shape index (κ3) is 6.56. The number of carbonyl (C=O) groups is 1. The van der Waals surface area contributed by atoms with Crippen LogP contribution in [0, 0.1) is 6.92 Å². The molecule has 0 unspecified atom stereocenters. The Bertz CT molecular complexity index is 1670. The number of nitrogens with one attached hydrogen (secondary N) is 2. The van der Waals surface area contributed by atoms with Crippen molar-refractivity contribution in [3.8, 4) is 22.8 Å². The van der Waals surface area contributed by atoms with Gasteiger partial charge >= 0.3 is 6.18 Å². The van der Waals surface area contributed by atoms with Crippen LogP contribution < -0.4 is 15.4 Å². The first-order valence-electron chi connectivity index (χ1n) is 14.7. The molecule has 1 saturated heterocycles. The van der Waals surface area contributed by atoms with Crippen molar-refractivity contribution >= 4 is 17.4 Å². The number of pyridine rings is 1. The molecule has 3 aromatic carbocycles. The van der Waals surface area contributed by atoms with Gasteiger partial charge in [0.1, 0.15) is 17.3 Å². The van der Waals surface area contributed by atoms with Crippen LogP contribution in [0.2, 0.25) is 0 Å². The highest BCUT2D eigenvalue weighted by molar-refractivity contribution is 6.05. The van der Waals surface area contributed by atoms with Gasteiger partial charge in [0.25, 0.3) is 5.91 Å². The van der Waals surface area contributed by atoms with Crippen molar-refractivity contribution in [2.45, 2.75) is 26.1 Å². The zero-order valence-electron chi connectivity index (χ0n) is 24.7. The van der Waals surface area contributed by atoms with E-state index in [-0.39, 0.29) is 17.8 Å². The highest BCUT2D eigenvalue weighted by Crippen LogP contribution is 2.38. The summed E-state index contributed by atoms with van der Waals surface area (Å²) in [7, 11) is 2.00. The highest BCUT2D eigenvalue weighted by atomic mass is 19.4. The Morgan fingerprint density at radius 3 is 2.52 bits per heavy atom. The first kappa shape index (κ1) is 29.7. The number of ether oxygens (including phenoxy) is 1. The van der Waals surface area contributed by atoms with Crippen molar-refractivity contribution in [3.05, 3.63) is 101 Å². The third-order valence-electron chi connectivity index (χ3n) is 8.16. The summed E-state index contributed by atoms with van der Waals surface area (Å²) in [6.07, 6.45) is -3.80. The van der Waals surface area contributed by atoms with Gasteiger partial charge in [0.2, 0.25) is 0 Å². The molecule has 4 aromatic rings. The van der Waals surface area contributed by atoms with Crippen LogP contribution in [0.5, 0.6) is 11.5 Å². The van der Waals surface area contributed by atoms with Crippen molar-refractivity contribution in [1.29, 1.82) is 0 Å². The Morgan fingerprint density at radius 2 is 1.77 bits per heavy atom. The summed E-state index contributed by atoms with van der Waals surface area (Å²) < 4.78 is 48.6. The summed E-state index contributed by atoms with van der Waals surface area (Å²) >= 11 is 0. The molecule has 44 heavy (non-hydrogen) atoms. The summed E-state index contributed by atoms with van der Waals surface area (Å²) in [6, 6.07) is 20.9. The number of carbonyl (C=O) groups excluding carboxylic acids is 1. The lowest BCUT2D eigenvalue weighted by Gasteiger charge is -2.33. The fourth-order valence-corrected chi connectivity index (χ4v) is 5.63. The van der Waals surface area contributed by atoms with Gasteiger partial charge in [-0.25, -0.2) is 4.98 Å². The normalized spacial score (nSPS) is 15.5. The second kappa shape index (κ2) is 12.3. The van der Waals surface area contributed by atoms with Crippen molar-refractivity contribution in [2.24, 2.45) is 0 Å². The van der Waals surface area contributed by atoms with Crippen LogP contribution in [0.3, 0.4) is 0 Å². The summed E-state index contributed by atoms with van der Waals surface area (Å²) in [5, 5.41) is 5.98. The molecule has 0 atom stereocenters. The Balaban J connectivity index is 1.23. The van der Waals surface area contributed by atoms with Crippen LogP contribution in [0.25, 0.3) is 11.3 Å². The predicted molar refractivity (Wildman–Crippen MR) is 165 cm³/mol. The Morgan fingerprint density at radius 1 is 1.00 bits per heavy atom. The Kier molecular flexibility index (Phi) is 8.29. The molecule has 1 aromatic heterocycles. The zero-order valence-corrected chi connectivity index (χ0v) is 24.7. The number of likely N-dealkylation sites (N-methyl/N-ethyl adjacent to an activating group) is 1. The second-order valence-electron chi connectivity index (χ2n) is 11.4. The predicted octanol–water partition coefficient (Wildman–Crippen LogP) is 6.84. The number of rotatable bonds is 7. The fraction of sp³-hybridized carbons (Fsp3) is 0.294. The van der Waals surface area contributed by atoms with E-state index in [0.29, 0.717) is 35.7 Å². The van der Waals surface area contributed by atoms with Crippen LogP contribution in [-0.4, -0.2) is 60.5 Å². The topological polar surface area (TPSA) is 69.7 Å². The monoisotopic (exact) mass is 601 g/mol. The smallest absolute Gasteiger partial charge is 0.416 e. The van der Waals surface area contributed by atoms with E-state index in [9.17, 15) is 18.0 Å². The molecule has 6 rings (SSSR count). The minimum Gasteiger partial charge on any atom is -0.457 e. The van der Waals surface area contributed by atoms with Crippen molar-refractivity contribution in [1.82, 2.24) is 14.8 Å². The molecule has 3 heterocycles. The number of hydrogen-bond donors (Lipinski definition) is 2. The van der Waals surface area contributed by atoms with E-state index >= 15 is 0 Å². The number of aryl methyl sites for hydroxylation is 1. The van der Waals surface area contributed by atoms with Crippen molar-refractivity contribution in [3.63, 3.8) is 0 Å². The Labute approximate surface area is 254 Å². The lowest BCUT2D eigenvalue weighted by molar-refractivity contribution is -0.138. The Hall–Kier alpha value is -4.41. The molecule has 228 valence electrons. The molecular weight excluding hydrogens is 567 g/mol. The first-order valence-corrected chi connectivity index (χ1v) is 14.7. The van der Waals surface area contributed by atoms with Crippen LogP contribution >= 0.6 is 0 Å². The summed E-state index contributed by atoms with van der Waals surface area (Å²) in [5.41, 5.74) is 3.18. The molecule has 0 saturated carbocycles. The molecule has 2 aliphatic rings. The van der Waals surface area contributed by atoms with Gasteiger partial charge in [-0.05, 0) is 55.8 Å². The molecule has 1 amide bonds. The van der Waals surface area contributed by atoms with E-state index in [2.05, 4.69) is 15.5 Å². The third-order valence-corrected chi connectivity index (χ3v) is 8.16. The SMILES string of the molecule is Cc1ccc(Oc2cc(-c3ccccc3)nc3c2CCN3)cc1C(=O)Nc1ccc(CN2CCN(C)CC2)c(C(F)(F)F)c1. The number of hydrogen-bond acceptors (Lipinski definition) is 6. The number of anilines is 2. The van der Waals surface area contributed by atoms with E-state index < -0.39 is 17.6 Å². The molecule has 0 bridgehead atoms. The van der Waals surface area contributed by atoms with E-state index in [4.69, 9.17) is 9.72 Å². The van der Waals surface area contributed by atoms with Gasteiger partial charge in [0, 0.05) is 67.7 Å². The number of amides is 1. The van der Waals surface area contributed by atoms with Gasteiger partial charge in [-0.2, -0.15) is 13.2 Å². The molecule has 10 heteroatoms. The average molecular weight is 602 g/mol. The standard InChI is InChI=1S/C34H34F3N5O2/c1-22-8-11-26(44-31-20-30(23-6-4-3-5-7-23)40-32-27(31)12-13-38-32)19-28(22)33(43)39-25-10-9-24(29(18-25)34(35,36)37)21-42-16-14-41(2)15-17-42/h3-11,18-20H,12-17,21H2,1-2H3,(H,38,40)(H,39,43). The molecule has 0 radical (unpaired) electrons. The number of aromatic nitrogens is 1. The summed E-state index contributed by atoms with van der Waals surface area (Å²) in [4.78, 5) is 22.3. The maximum absolute atomic E-state index is 14.1. The molecular formula is C34H34F3N5O2. The molecule has 7 nitrogen and oxygen atoms in total. The van der Waals surface area contributed by atoms with Crippen LogP contribution in [0.1, 0.15) is 32.6 Å². The number of benzene rings is 3. The van der Waals surface area contributed by atoms with Crippen LogP contribution in [0.15, 0.2) is 72.8 Å². The maximum Gasteiger partial charge on any atom is 0.416 e. The lowest BCUT2D eigenvalue weighted by atomic mass is 10.0.